The Bertz CT molecular complexity index is 595. The van der Waals surface area contributed by atoms with Crippen molar-refractivity contribution in [2.45, 2.75) is 13.5 Å². The van der Waals surface area contributed by atoms with Gasteiger partial charge < -0.3 is 10.1 Å². The van der Waals surface area contributed by atoms with Crippen LogP contribution >= 0.6 is 22.9 Å². The molecule has 2 rings (SSSR count). The number of methoxy groups -OCH3 is 1. The van der Waals surface area contributed by atoms with Gasteiger partial charge in [0, 0.05) is 27.0 Å². The van der Waals surface area contributed by atoms with E-state index in [1.54, 1.807) is 29.5 Å². The number of nitrogens with one attached hydrogen (secondary N) is 1. The van der Waals surface area contributed by atoms with Crippen molar-refractivity contribution in [1.82, 2.24) is 0 Å². The lowest BCUT2D eigenvalue weighted by atomic mass is 10.2. The molecule has 0 saturated carbocycles. The Morgan fingerprint density at radius 2 is 2.16 bits per heavy atom. The number of ether oxygens (including phenoxy) is 1. The summed E-state index contributed by atoms with van der Waals surface area (Å²) < 4.78 is 4.75. The predicted octanol–water partition coefficient (Wildman–Crippen LogP) is 4.11. The Labute approximate surface area is 121 Å². The van der Waals surface area contributed by atoms with Gasteiger partial charge in [-0.25, -0.2) is 4.79 Å². The summed E-state index contributed by atoms with van der Waals surface area (Å²) in [6.07, 6.45) is 0. The number of rotatable bonds is 4. The second-order valence-electron chi connectivity index (χ2n) is 4.05. The summed E-state index contributed by atoms with van der Waals surface area (Å²) in [5, 5.41) is 3.75. The predicted molar refractivity (Wildman–Crippen MR) is 79.2 cm³/mol. The lowest BCUT2D eigenvalue weighted by Gasteiger charge is -2.10. The van der Waals surface area contributed by atoms with E-state index in [4.69, 9.17) is 16.3 Å². The van der Waals surface area contributed by atoms with Crippen LogP contribution in [0.1, 0.15) is 20.1 Å². The minimum atomic E-state index is -0.396. The van der Waals surface area contributed by atoms with Crippen LogP contribution in [0.2, 0.25) is 5.02 Å². The fraction of sp³-hybridized carbons (Fsp3) is 0.214. The molecule has 0 atom stereocenters. The average molecular weight is 296 g/mol. The molecule has 0 bridgehead atoms. The molecule has 1 heterocycles. The van der Waals surface area contributed by atoms with Crippen LogP contribution in [0, 0.1) is 6.92 Å². The van der Waals surface area contributed by atoms with Gasteiger partial charge in [0.1, 0.15) is 0 Å². The average Bonchev–Trinajstić information content (AvgIpc) is 2.82. The number of anilines is 1. The van der Waals surface area contributed by atoms with Gasteiger partial charge in [-0.1, -0.05) is 11.6 Å². The van der Waals surface area contributed by atoms with Gasteiger partial charge in [-0.15, -0.1) is 11.3 Å². The third-order valence-electron chi connectivity index (χ3n) is 2.64. The number of hydrogen-bond acceptors (Lipinski definition) is 4. The Hall–Kier alpha value is -1.52. The summed E-state index contributed by atoms with van der Waals surface area (Å²) in [7, 11) is 1.36. The number of halogens is 1. The molecule has 100 valence electrons. The molecule has 1 aromatic heterocycles. The largest absolute Gasteiger partial charge is 0.465 e. The monoisotopic (exact) mass is 295 g/mol. The smallest absolute Gasteiger partial charge is 0.340 e. The second-order valence-corrected chi connectivity index (χ2v) is 5.86. The minimum absolute atomic E-state index is 0.396. The SMILES string of the molecule is COC(=O)c1cc(Cl)ccc1NCc1ccc(C)s1. The number of hydrogen-bond donors (Lipinski definition) is 1. The Morgan fingerprint density at radius 1 is 1.37 bits per heavy atom. The molecule has 3 nitrogen and oxygen atoms in total. The van der Waals surface area contributed by atoms with Gasteiger partial charge in [0.25, 0.3) is 0 Å². The number of carbonyl (C=O) groups excluding carboxylic acids is 1. The van der Waals surface area contributed by atoms with Crippen molar-refractivity contribution >= 4 is 34.6 Å². The van der Waals surface area contributed by atoms with Crippen LogP contribution in [-0.4, -0.2) is 13.1 Å². The molecule has 0 aliphatic heterocycles. The summed E-state index contributed by atoms with van der Waals surface area (Å²) in [5.74, 6) is -0.396. The van der Waals surface area contributed by atoms with Crippen LogP contribution in [0.5, 0.6) is 0 Å². The molecule has 2 aromatic rings. The number of thiophene rings is 1. The molecule has 0 radical (unpaired) electrons. The molecule has 0 amide bonds. The fourth-order valence-corrected chi connectivity index (χ4v) is 2.71. The molecule has 1 N–H and O–H groups in total. The van der Waals surface area contributed by atoms with Gasteiger partial charge in [-0.3, -0.25) is 0 Å². The number of benzene rings is 1. The lowest BCUT2D eigenvalue weighted by Crippen LogP contribution is -2.07. The highest BCUT2D eigenvalue weighted by Gasteiger charge is 2.12. The molecule has 19 heavy (non-hydrogen) atoms. The third kappa shape index (κ3) is 3.49. The van der Waals surface area contributed by atoms with Crippen LogP contribution in [0.15, 0.2) is 30.3 Å². The first-order valence-corrected chi connectivity index (χ1v) is 6.96. The quantitative estimate of drug-likeness (QED) is 0.863. The van der Waals surface area contributed by atoms with Crippen molar-refractivity contribution in [2.75, 3.05) is 12.4 Å². The van der Waals surface area contributed by atoms with E-state index in [0.29, 0.717) is 17.1 Å². The van der Waals surface area contributed by atoms with Crippen LogP contribution in [0.25, 0.3) is 0 Å². The normalized spacial score (nSPS) is 10.3. The third-order valence-corrected chi connectivity index (χ3v) is 3.87. The first-order valence-electron chi connectivity index (χ1n) is 5.77. The fourth-order valence-electron chi connectivity index (χ4n) is 1.71. The summed E-state index contributed by atoms with van der Waals surface area (Å²) in [6, 6.07) is 9.28. The van der Waals surface area contributed by atoms with Crippen LogP contribution in [0.3, 0.4) is 0 Å². The van der Waals surface area contributed by atoms with E-state index in [2.05, 4.69) is 24.4 Å². The van der Waals surface area contributed by atoms with Crippen molar-refractivity contribution in [3.63, 3.8) is 0 Å². The zero-order chi connectivity index (χ0) is 13.8. The maximum Gasteiger partial charge on any atom is 0.340 e. The molecule has 1 aromatic carbocycles. The molecule has 0 aliphatic carbocycles. The van der Waals surface area contributed by atoms with E-state index in [-0.39, 0.29) is 0 Å². The van der Waals surface area contributed by atoms with E-state index in [9.17, 15) is 4.79 Å². The van der Waals surface area contributed by atoms with Crippen molar-refractivity contribution in [3.05, 3.63) is 50.7 Å². The zero-order valence-electron chi connectivity index (χ0n) is 10.7. The molecule has 0 unspecified atom stereocenters. The van der Waals surface area contributed by atoms with Crippen molar-refractivity contribution in [2.24, 2.45) is 0 Å². The van der Waals surface area contributed by atoms with E-state index in [1.165, 1.54) is 16.9 Å². The minimum Gasteiger partial charge on any atom is -0.465 e. The van der Waals surface area contributed by atoms with Gasteiger partial charge in [-0.05, 0) is 37.3 Å². The summed E-state index contributed by atoms with van der Waals surface area (Å²) in [5.41, 5.74) is 1.17. The second kappa shape index (κ2) is 6.08. The van der Waals surface area contributed by atoms with Crippen LogP contribution < -0.4 is 5.32 Å². The van der Waals surface area contributed by atoms with Gasteiger partial charge in [0.15, 0.2) is 0 Å². The Morgan fingerprint density at radius 3 is 2.79 bits per heavy atom. The Kier molecular flexibility index (Phi) is 4.45. The Balaban J connectivity index is 2.17. The van der Waals surface area contributed by atoms with Gasteiger partial charge in [0.2, 0.25) is 0 Å². The molecule has 0 saturated heterocycles. The van der Waals surface area contributed by atoms with E-state index < -0.39 is 5.97 Å². The highest BCUT2D eigenvalue weighted by Crippen LogP contribution is 2.23. The summed E-state index contributed by atoms with van der Waals surface area (Å²) >= 11 is 7.63. The molecule has 0 spiro atoms. The maximum absolute atomic E-state index is 11.7. The molecule has 0 aliphatic rings. The number of carbonyl (C=O) groups is 1. The highest BCUT2D eigenvalue weighted by atomic mass is 35.5. The number of aryl methyl sites for hydroxylation is 1. The topological polar surface area (TPSA) is 38.3 Å². The summed E-state index contributed by atoms with van der Waals surface area (Å²) in [4.78, 5) is 14.2. The molecule has 5 heteroatoms. The zero-order valence-corrected chi connectivity index (χ0v) is 12.3. The standard InChI is InChI=1S/C14H14ClNO2S/c1-9-3-5-11(19-9)8-16-13-6-4-10(15)7-12(13)14(17)18-2/h3-7,16H,8H2,1-2H3. The lowest BCUT2D eigenvalue weighted by molar-refractivity contribution is 0.0602. The molecule has 0 fully saturated rings. The molecular weight excluding hydrogens is 282 g/mol. The van der Waals surface area contributed by atoms with Crippen molar-refractivity contribution in [3.8, 4) is 0 Å². The van der Waals surface area contributed by atoms with E-state index in [1.807, 2.05) is 0 Å². The number of esters is 1. The molecular formula is C14H14ClNO2S. The van der Waals surface area contributed by atoms with Gasteiger partial charge >= 0.3 is 5.97 Å². The first kappa shape index (κ1) is 13.9. The van der Waals surface area contributed by atoms with Gasteiger partial charge in [-0.2, -0.15) is 0 Å². The van der Waals surface area contributed by atoms with E-state index >= 15 is 0 Å². The highest BCUT2D eigenvalue weighted by molar-refractivity contribution is 7.11. The van der Waals surface area contributed by atoms with Crippen molar-refractivity contribution in [1.29, 1.82) is 0 Å². The van der Waals surface area contributed by atoms with Crippen LogP contribution in [0.4, 0.5) is 5.69 Å². The van der Waals surface area contributed by atoms with Crippen LogP contribution in [-0.2, 0) is 11.3 Å². The van der Waals surface area contributed by atoms with E-state index in [0.717, 1.165) is 5.69 Å². The van der Waals surface area contributed by atoms with Crippen molar-refractivity contribution < 1.29 is 9.53 Å². The maximum atomic E-state index is 11.7. The first-order chi connectivity index (χ1) is 9.10. The summed E-state index contributed by atoms with van der Waals surface area (Å²) in [6.45, 7) is 2.74. The van der Waals surface area contributed by atoms with Gasteiger partial charge in [0.05, 0.1) is 12.7 Å².